The van der Waals surface area contributed by atoms with Crippen molar-refractivity contribution in [3.8, 4) is 0 Å². The molecule has 0 radical (unpaired) electrons. The minimum absolute atomic E-state index is 0. The first kappa shape index (κ1) is 9.35. The van der Waals surface area contributed by atoms with Gasteiger partial charge in [-0.1, -0.05) is 0 Å². The Bertz CT molecular complexity index is 212. The van der Waals surface area contributed by atoms with Gasteiger partial charge in [-0.2, -0.15) is 0 Å². The lowest BCUT2D eigenvalue weighted by Crippen LogP contribution is -1.94. The predicted octanol–water partition coefficient (Wildman–Crippen LogP) is 1.40. The number of hydrogen-bond acceptors (Lipinski definition) is 2. The quantitative estimate of drug-likeness (QED) is 0.767. The van der Waals surface area contributed by atoms with E-state index in [0.29, 0.717) is 0 Å². The number of carbonyl (C=O) groups is 1. The van der Waals surface area contributed by atoms with E-state index in [4.69, 9.17) is 5.11 Å². The highest BCUT2D eigenvalue weighted by atomic mass is 127. The Kier molecular flexibility index (Phi) is 3.94. The van der Waals surface area contributed by atoms with Gasteiger partial charge in [0.1, 0.15) is 0 Å². The van der Waals surface area contributed by atoms with Crippen molar-refractivity contribution in [2.45, 2.75) is 0 Å². The summed E-state index contributed by atoms with van der Waals surface area (Å²) in [6.07, 6.45) is 2.90. The first-order valence-corrected chi connectivity index (χ1v) is 2.44. The lowest BCUT2D eigenvalue weighted by molar-refractivity contribution is 0.0697. The fourth-order valence-corrected chi connectivity index (χ4v) is 0.494. The van der Waals surface area contributed by atoms with Crippen LogP contribution in [0.5, 0.6) is 0 Å². The van der Waals surface area contributed by atoms with Crippen LogP contribution >= 0.6 is 24.0 Å². The van der Waals surface area contributed by atoms with Crippen LogP contribution in [0.15, 0.2) is 24.5 Å². The molecule has 0 aliphatic heterocycles. The zero-order valence-corrected chi connectivity index (χ0v) is 7.35. The van der Waals surface area contributed by atoms with E-state index >= 15 is 0 Å². The van der Waals surface area contributed by atoms with Gasteiger partial charge in [0.05, 0.1) is 5.56 Å². The number of hydrogen-bond donors (Lipinski definition) is 1. The van der Waals surface area contributed by atoms with E-state index in [2.05, 4.69) is 4.98 Å². The second-order valence-corrected chi connectivity index (χ2v) is 1.54. The third-order valence-corrected chi connectivity index (χ3v) is 0.927. The third kappa shape index (κ3) is 2.30. The molecule has 4 heteroatoms. The monoisotopic (exact) mass is 251 g/mol. The van der Waals surface area contributed by atoms with Gasteiger partial charge in [-0.3, -0.25) is 4.98 Å². The zero-order valence-electron chi connectivity index (χ0n) is 5.02. The minimum Gasteiger partial charge on any atom is -0.478 e. The van der Waals surface area contributed by atoms with Crippen LogP contribution in [-0.4, -0.2) is 16.1 Å². The molecule has 0 aliphatic carbocycles. The number of carboxylic acid groups (broad SMARTS) is 1. The van der Waals surface area contributed by atoms with Crippen molar-refractivity contribution >= 4 is 29.9 Å². The molecule has 1 aromatic rings. The van der Waals surface area contributed by atoms with Crippen LogP contribution in [0.25, 0.3) is 0 Å². The van der Waals surface area contributed by atoms with E-state index in [1.165, 1.54) is 24.5 Å². The number of rotatable bonds is 1. The number of pyridine rings is 1. The largest absolute Gasteiger partial charge is 0.478 e. The summed E-state index contributed by atoms with van der Waals surface area (Å²) in [4.78, 5) is 13.8. The number of aromatic carboxylic acids is 1. The Morgan fingerprint density at radius 2 is 1.90 bits per heavy atom. The summed E-state index contributed by atoms with van der Waals surface area (Å²) < 4.78 is 0. The lowest BCUT2D eigenvalue weighted by atomic mass is 10.3. The van der Waals surface area contributed by atoms with Gasteiger partial charge in [0.25, 0.3) is 0 Å². The van der Waals surface area contributed by atoms with E-state index < -0.39 is 5.97 Å². The van der Waals surface area contributed by atoms with Gasteiger partial charge in [-0.15, -0.1) is 24.0 Å². The molecule has 0 spiro atoms. The maximum atomic E-state index is 10.2. The van der Waals surface area contributed by atoms with Crippen molar-refractivity contribution in [2.75, 3.05) is 0 Å². The van der Waals surface area contributed by atoms with Crippen LogP contribution in [0, 0.1) is 0 Å². The van der Waals surface area contributed by atoms with Crippen LogP contribution < -0.4 is 0 Å². The molecule has 1 N–H and O–H groups in total. The average molecular weight is 251 g/mol. The maximum absolute atomic E-state index is 10.2. The van der Waals surface area contributed by atoms with Crippen molar-refractivity contribution in [3.63, 3.8) is 0 Å². The SMILES string of the molecule is I.O=C(O)c1ccncc1. The maximum Gasteiger partial charge on any atom is 0.335 e. The first-order valence-electron chi connectivity index (χ1n) is 2.44. The third-order valence-electron chi connectivity index (χ3n) is 0.927. The Labute approximate surface area is 75.1 Å². The van der Waals surface area contributed by atoms with E-state index in [-0.39, 0.29) is 29.5 Å². The van der Waals surface area contributed by atoms with Gasteiger partial charge in [0, 0.05) is 12.4 Å². The van der Waals surface area contributed by atoms with E-state index in [1.54, 1.807) is 0 Å². The van der Waals surface area contributed by atoms with Gasteiger partial charge in [0.15, 0.2) is 0 Å². The summed E-state index contributed by atoms with van der Waals surface area (Å²) in [6, 6.07) is 2.89. The highest BCUT2D eigenvalue weighted by Crippen LogP contribution is 1.93. The lowest BCUT2D eigenvalue weighted by Gasteiger charge is -1.87. The zero-order chi connectivity index (χ0) is 6.69. The van der Waals surface area contributed by atoms with Crippen LogP contribution in [0.3, 0.4) is 0 Å². The molecular weight excluding hydrogens is 245 g/mol. The summed E-state index contributed by atoms with van der Waals surface area (Å²) in [5.41, 5.74) is 0.269. The van der Waals surface area contributed by atoms with Crippen molar-refractivity contribution in [1.29, 1.82) is 0 Å². The summed E-state index contributed by atoms with van der Waals surface area (Å²) in [5.74, 6) is -0.919. The topological polar surface area (TPSA) is 50.2 Å². The predicted molar refractivity (Wildman–Crippen MR) is 46.6 cm³/mol. The number of nitrogens with zero attached hydrogens (tertiary/aromatic N) is 1. The Hall–Kier alpha value is -0.650. The van der Waals surface area contributed by atoms with Gasteiger partial charge in [0.2, 0.25) is 0 Å². The molecule has 0 saturated heterocycles. The molecule has 0 aliphatic rings. The van der Waals surface area contributed by atoms with Crippen LogP contribution in [0.4, 0.5) is 0 Å². The minimum atomic E-state index is -0.919. The summed E-state index contributed by atoms with van der Waals surface area (Å²) in [6.45, 7) is 0. The highest BCUT2D eigenvalue weighted by Gasteiger charge is 1.97. The molecule has 0 saturated carbocycles. The molecule has 10 heavy (non-hydrogen) atoms. The molecule has 3 nitrogen and oxygen atoms in total. The summed E-state index contributed by atoms with van der Waals surface area (Å²) in [7, 11) is 0. The van der Waals surface area contributed by atoms with E-state index in [9.17, 15) is 4.79 Å². The molecule has 0 fully saturated rings. The Morgan fingerprint density at radius 3 is 2.20 bits per heavy atom. The second-order valence-electron chi connectivity index (χ2n) is 1.54. The van der Waals surface area contributed by atoms with E-state index in [1.807, 2.05) is 0 Å². The van der Waals surface area contributed by atoms with Gasteiger partial charge in [-0.05, 0) is 12.1 Å². The van der Waals surface area contributed by atoms with Gasteiger partial charge in [-0.25, -0.2) is 4.79 Å². The van der Waals surface area contributed by atoms with Crippen molar-refractivity contribution < 1.29 is 9.90 Å². The summed E-state index contributed by atoms with van der Waals surface area (Å²) in [5, 5.41) is 8.36. The smallest absolute Gasteiger partial charge is 0.335 e. The molecule has 54 valence electrons. The first-order chi connectivity index (χ1) is 4.30. The van der Waals surface area contributed by atoms with Crippen molar-refractivity contribution in [2.24, 2.45) is 0 Å². The fourth-order valence-electron chi connectivity index (χ4n) is 0.494. The molecule has 1 heterocycles. The Balaban J connectivity index is 0.000000810. The number of aromatic nitrogens is 1. The molecule has 0 amide bonds. The van der Waals surface area contributed by atoms with Crippen LogP contribution in [-0.2, 0) is 0 Å². The highest BCUT2D eigenvalue weighted by molar-refractivity contribution is 14.0. The molecule has 0 aromatic carbocycles. The second kappa shape index (κ2) is 4.21. The van der Waals surface area contributed by atoms with E-state index in [0.717, 1.165) is 0 Å². The molecule has 0 atom stereocenters. The van der Waals surface area contributed by atoms with Gasteiger partial charge < -0.3 is 5.11 Å². The Morgan fingerprint density at radius 1 is 1.40 bits per heavy atom. The van der Waals surface area contributed by atoms with Crippen LogP contribution in [0.1, 0.15) is 10.4 Å². The fraction of sp³-hybridized carbons (Fsp3) is 0. The van der Waals surface area contributed by atoms with Crippen molar-refractivity contribution in [1.82, 2.24) is 4.98 Å². The standard InChI is InChI=1S/C6H5NO2.HI/c8-6(9)5-1-3-7-4-2-5;/h1-4H,(H,8,9);1H. The molecule has 0 bridgehead atoms. The average Bonchev–Trinajstić information content (AvgIpc) is 1.90. The molecular formula is C6H6INO2. The van der Waals surface area contributed by atoms with Gasteiger partial charge >= 0.3 is 5.97 Å². The summed E-state index contributed by atoms with van der Waals surface area (Å²) >= 11 is 0. The van der Waals surface area contributed by atoms with Crippen molar-refractivity contribution in [3.05, 3.63) is 30.1 Å². The van der Waals surface area contributed by atoms with Crippen LogP contribution in [0.2, 0.25) is 0 Å². The molecule has 0 unspecified atom stereocenters. The molecule has 1 aromatic heterocycles. The molecule has 1 rings (SSSR count). The number of carboxylic acids is 1. The number of halogens is 1. The normalized spacial score (nSPS) is 8.00.